The quantitative estimate of drug-likeness (QED) is 0.647. The summed E-state index contributed by atoms with van der Waals surface area (Å²) >= 11 is 0. The molecule has 0 heterocycles. The van der Waals surface area contributed by atoms with E-state index in [1.165, 1.54) is 5.19 Å². The van der Waals surface area contributed by atoms with E-state index in [9.17, 15) is 4.79 Å². The molecular weight excluding hydrogens is 168 g/mol. The van der Waals surface area contributed by atoms with E-state index in [2.05, 4.69) is 0 Å². The molecule has 0 aliphatic heterocycles. The van der Waals surface area contributed by atoms with Gasteiger partial charge in [-0.25, -0.2) is 4.79 Å². The third kappa shape index (κ3) is 1.56. The average molecular weight is 180 g/mol. The molecule has 0 saturated heterocycles. The van der Waals surface area contributed by atoms with Crippen LogP contribution >= 0.6 is 0 Å². The molecule has 1 rings (SSSR count). The highest BCUT2D eigenvalue weighted by atomic mass is 28.1. The van der Waals surface area contributed by atoms with E-state index in [1.54, 1.807) is 6.07 Å². The molecule has 3 heteroatoms. The van der Waals surface area contributed by atoms with Crippen molar-refractivity contribution in [1.82, 2.24) is 0 Å². The highest BCUT2D eigenvalue weighted by Gasteiger charge is 2.08. The maximum absolute atomic E-state index is 10.7. The Hall–Kier alpha value is -1.09. The van der Waals surface area contributed by atoms with E-state index in [4.69, 9.17) is 5.11 Å². The van der Waals surface area contributed by atoms with Crippen LogP contribution in [0.4, 0.5) is 0 Å². The van der Waals surface area contributed by atoms with Gasteiger partial charge >= 0.3 is 5.97 Å². The lowest BCUT2D eigenvalue weighted by atomic mass is 10.1. The fourth-order valence-electron chi connectivity index (χ4n) is 1.37. The van der Waals surface area contributed by atoms with Gasteiger partial charge in [-0.1, -0.05) is 24.2 Å². The molecule has 12 heavy (non-hydrogen) atoms. The fourth-order valence-corrected chi connectivity index (χ4v) is 2.19. The number of hydrogen-bond acceptors (Lipinski definition) is 1. The Bertz CT molecular complexity index is 307. The first-order valence-electron chi connectivity index (χ1n) is 3.98. The third-order valence-corrected chi connectivity index (χ3v) is 2.93. The van der Waals surface area contributed by atoms with Gasteiger partial charge in [0.2, 0.25) is 0 Å². The average Bonchev–Trinajstić information content (AvgIpc) is 2.03. The van der Waals surface area contributed by atoms with Gasteiger partial charge in [-0.15, -0.1) is 0 Å². The third-order valence-electron chi connectivity index (χ3n) is 1.99. The zero-order valence-corrected chi connectivity index (χ0v) is 9.29. The number of carbonyl (C=O) groups is 1. The molecule has 0 aliphatic rings. The van der Waals surface area contributed by atoms with Gasteiger partial charge in [0, 0.05) is 10.2 Å². The van der Waals surface area contributed by atoms with Crippen LogP contribution in [-0.2, 0) is 6.42 Å². The van der Waals surface area contributed by atoms with Crippen molar-refractivity contribution >= 4 is 21.4 Å². The van der Waals surface area contributed by atoms with Crippen molar-refractivity contribution in [3.8, 4) is 0 Å². The van der Waals surface area contributed by atoms with Gasteiger partial charge in [-0.05, 0) is 18.1 Å². The molecule has 0 amide bonds. The van der Waals surface area contributed by atoms with Crippen molar-refractivity contribution in [1.29, 1.82) is 0 Å². The molecule has 0 spiro atoms. The summed E-state index contributed by atoms with van der Waals surface area (Å²) < 4.78 is 0. The van der Waals surface area contributed by atoms with Crippen LogP contribution in [0.2, 0.25) is 0 Å². The van der Waals surface area contributed by atoms with Crippen LogP contribution in [0, 0.1) is 0 Å². The van der Waals surface area contributed by atoms with E-state index in [0.29, 0.717) is 5.56 Å². The molecule has 1 aromatic carbocycles. The number of carboxylic acids is 1. The van der Waals surface area contributed by atoms with Crippen molar-refractivity contribution in [3.05, 3.63) is 29.3 Å². The van der Waals surface area contributed by atoms with E-state index in [0.717, 1.165) is 22.2 Å². The first kappa shape index (κ1) is 9.00. The number of carboxylic acid groups (broad SMARTS) is 1. The van der Waals surface area contributed by atoms with Crippen molar-refractivity contribution in [2.45, 2.75) is 13.3 Å². The van der Waals surface area contributed by atoms with Crippen molar-refractivity contribution in [3.63, 3.8) is 0 Å². The lowest BCUT2D eigenvalue weighted by molar-refractivity contribution is 0.0696. The zero-order chi connectivity index (χ0) is 9.14. The molecule has 0 radical (unpaired) electrons. The fraction of sp³-hybridized carbons (Fsp3) is 0.222. The predicted molar refractivity (Wildman–Crippen MR) is 52.4 cm³/mol. The topological polar surface area (TPSA) is 37.3 Å². The molecule has 0 atom stereocenters. The van der Waals surface area contributed by atoms with E-state index < -0.39 is 5.97 Å². The van der Waals surface area contributed by atoms with Crippen molar-refractivity contribution in [2.24, 2.45) is 0 Å². The minimum absolute atomic E-state index is 0.463. The maximum Gasteiger partial charge on any atom is 0.335 e. The lowest BCUT2D eigenvalue weighted by Crippen LogP contribution is -2.15. The van der Waals surface area contributed by atoms with Crippen LogP contribution < -0.4 is 5.19 Å². The predicted octanol–water partition coefficient (Wildman–Crippen LogP) is -0.0621. The number of hydrogen-bond donors (Lipinski definition) is 1. The van der Waals surface area contributed by atoms with Crippen molar-refractivity contribution in [2.75, 3.05) is 0 Å². The van der Waals surface area contributed by atoms with E-state index in [-0.39, 0.29) is 0 Å². The Kier molecular flexibility index (Phi) is 2.65. The summed E-state index contributed by atoms with van der Waals surface area (Å²) in [5.74, 6) is -0.815. The molecule has 1 N–H and O–H groups in total. The molecule has 0 unspecified atom stereocenters. The van der Waals surface area contributed by atoms with Gasteiger partial charge < -0.3 is 5.11 Å². The second kappa shape index (κ2) is 3.54. The Labute approximate surface area is 74.7 Å². The minimum atomic E-state index is -0.815. The maximum atomic E-state index is 10.7. The summed E-state index contributed by atoms with van der Waals surface area (Å²) in [7, 11) is 0.916. The normalized spacial score (nSPS) is 10.1. The molecule has 0 aromatic heterocycles. The Morgan fingerprint density at radius 1 is 1.58 bits per heavy atom. The van der Waals surface area contributed by atoms with Crippen LogP contribution in [0.5, 0.6) is 0 Å². The standard InChI is InChI=1S/C9H12O2Si/c1-2-6-7(9(10)11)4-3-5-8(6)12/h3-5H,2H2,1,12H3,(H,10,11). The molecule has 0 aliphatic carbocycles. The van der Waals surface area contributed by atoms with Gasteiger partial charge in [-0.2, -0.15) is 0 Å². The molecule has 0 saturated carbocycles. The molecule has 64 valence electrons. The summed E-state index contributed by atoms with van der Waals surface area (Å²) in [6.45, 7) is 1.99. The highest BCUT2D eigenvalue weighted by molar-refractivity contribution is 6.33. The van der Waals surface area contributed by atoms with E-state index >= 15 is 0 Å². The molecular formula is C9H12O2Si. The van der Waals surface area contributed by atoms with Gasteiger partial charge in [-0.3, -0.25) is 0 Å². The summed E-state index contributed by atoms with van der Waals surface area (Å²) in [5, 5.41) is 10.0. The number of aromatic carboxylic acids is 1. The van der Waals surface area contributed by atoms with Crippen LogP contribution in [0.25, 0.3) is 0 Å². The van der Waals surface area contributed by atoms with Gasteiger partial charge in [0.15, 0.2) is 0 Å². The molecule has 0 fully saturated rings. The van der Waals surface area contributed by atoms with Gasteiger partial charge in [0.1, 0.15) is 0 Å². The van der Waals surface area contributed by atoms with Crippen LogP contribution in [0.15, 0.2) is 18.2 Å². The zero-order valence-electron chi connectivity index (χ0n) is 7.29. The minimum Gasteiger partial charge on any atom is -0.478 e. The highest BCUT2D eigenvalue weighted by Crippen LogP contribution is 2.06. The summed E-state index contributed by atoms with van der Waals surface area (Å²) in [6, 6.07) is 5.48. The SMILES string of the molecule is CCc1c([SiH3])cccc1C(=O)O. The lowest BCUT2D eigenvalue weighted by Gasteiger charge is -2.05. The van der Waals surface area contributed by atoms with Gasteiger partial charge in [0.25, 0.3) is 0 Å². The van der Waals surface area contributed by atoms with Crippen LogP contribution in [0.3, 0.4) is 0 Å². The molecule has 1 aromatic rings. The largest absolute Gasteiger partial charge is 0.478 e. The first-order valence-corrected chi connectivity index (χ1v) is 4.98. The molecule has 0 bridgehead atoms. The number of rotatable bonds is 2. The van der Waals surface area contributed by atoms with Crippen LogP contribution in [-0.4, -0.2) is 21.3 Å². The monoisotopic (exact) mass is 180 g/mol. The first-order chi connectivity index (χ1) is 5.66. The second-order valence-electron chi connectivity index (χ2n) is 2.76. The van der Waals surface area contributed by atoms with E-state index in [1.807, 2.05) is 19.1 Å². The van der Waals surface area contributed by atoms with Gasteiger partial charge in [0.05, 0.1) is 5.56 Å². The number of benzene rings is 1. The Morgan fingerprint density at radius 3 is 2.67 bits per heavy atom. The smallest absolute Gasteiger partial charge is 0.335 e. The Morgan fingerprint density at radius 2 is 2.25 bits per heavy atom. The Balaban J connectivity index is 3.27. The van der Waals surface area contributed by atoms with Crippen LogP contribution in [0.1, 0.15) is 22.8 Å². The summed E-state index contributed by atoms with van der Waals surface area (Å²) in [5.41, 5.74) is 1.46. The summed E-state index contributed by atoms with van der Waals surface area (Å²) in [6.07, 6.45) is 0.807. The second-order valence-corrected chi connectivity index (χ2v) is 3.84. The molecule has 2 nitrogen and oxygen atoms in total. The van der Waals surface area contributed by atoms with Crippen molar-refractivity contribution < 1.29 is 9.90 Å². The summed E-state index contributed by atoms with van der Waals surface area (Å²) in [4.78, 5) is 10.7.